The molecule has 0 saturated carbocycles. The second kappa shape index (κ2) is 3.34. The summed E-state index contributed by atoms with van der Waals surface area (Å²) in [7, 11) is 0. The Morgan fingerprint density at radius 1 is 1.25 bits per heavy atom. The molecule has 0 aliphatic heterocycles. The van der Waals surface area contributed by atoms with Gasteiger partial charge in [-0.2, -0.15) is 0 Å². The first-order chi connectivity index (χ1) is 5.79. The van der Waals surface area contributed by atoms with Crippen molar-refractivity contribution in [1.82, 2.24) is 0 Å². The lowest BCUT2D eigenvalue weighted by molar-refractivity contribution is 1.64. The summed E-state index contributed by atoms with van der Waals surface area (Å²) in [4.78, 5) is 0. The van der Waals surface area contributed by atoms with Crippen molar-refractivity contribution < 1.29 is 0 Å². The van der Waals surface area contributed by atoms with Crippen LogP contribution < -0.4 is 0 Å². The van der Waals surface area contributed by atoms with Crippen LogP contribution in [0.15, 0.2) is 34.8 Å². The van der Waals surface area contributed by atoms with Crippen LogP contribution in [0.1, 0.15) is 0 Å². The summed E-state index contributed by atoms with van der Waals surface area (Å²) < 4.78 is 2.42. The van der Waals surface area contributed by atoms with Crippen molar-refractivity contribution in [2.75, 3.05) is 0 Å². The first-order valence-corrected chi connectivity index (χ1v) is 5.40. The van der Waals surface area contributed by atoms with Crippen molar-refractivity contribution in [2.24, 2.45) is 0 Å². The topological polar surface area (TPSA) is 0 Å². The molecule has 2 rings (SSSR count). The molecule has 2 heteroatoms. The fourth-order valence-corrected chi connectivity index (χ4v) is 2.11. The van der Waals surface area contributed by atoms with E-state index in [4.69, 9.17) is 0 Å². The lowest BCUT2D eigenvalue weighted by Gasteiger charge is -2.01. The Kier molecular flexibility index (Phi) is 2.37. The van der Waals surface area contributed by atoms with Crippen molar-refractivity contribution in [1.29, 1.82) is 0 Å². The maximum Gasteiger partial charge on any atom is 0.0387 e. The molecule has 12 heavy (non-hydrogen) atoms. The number of halogens is 2. The van der Waals surface area contributed by atoms with E-state index in [2.05, 4.69) is 62.8 Å². The van der Waals surface area contributed by atoms with Gasteiger partial charge in [0.15, 0.2) is 0 Å². The molecule has 0 unspecified atom stereocenters. The Balaban J connectivity index is 2.91. The summed E-state index contributed by atoms with van der Waals surface area (Å²) in [5, 5.41) is 2.48. The van der Waals surface area contributed by atoms with E-state index in [1.807, 2.05) is 12.1 Å². The van der Waals surface area contributed by atoms with Gasteiger partial charge in [-0.3, -0.25) is 0 Å². The average molecular weight is 332 g/mol. The SMILES string of the molecule is Brc1c(I)ccc2c[c]ccc12. The predicted molar refractivity (Wildman–Crippen MR) is 63.2 cm³/mol. The van der Waals surface area contributed by atoms with Gasteiger partial charge in [0, 0.05) is 8.04 Å². The molecule has 1 radical (unpaired) electrons. The molecule has 0 aliphatic rings. The predicted octanol–water partition coefficient (Wildman–Crippen LogP) is 4.01. The van der Waals surface area contributed by atoms with Crippen LogP contribution in [0, 0.1) is 9.64 Å². The van der Waals surface area contributed by atoms with E-state index in [0.29, 0.717) is 0 Å². The summed E-state index contributed by atoms with van der Waals surface area (Å²) in [6, 6.07) is 13.3. The highest BCUT2D eigenvalue weighted by molar-refractivity contribution is 14.1. The summed E-state index contributed by atoms with van der Waals surface area (Å²) in [6.45, 7) is 0. The number of rotatable bonds is 0. The maximum atomic E-state index is 3.56. The Hall–Kier alpha value is -0.0900. The van der Waals surface area contributed by atoms with Gasteiger partial charge in [-0.05, 0) is 67.5 Å². The molecule has 0 heterocycles. The molecule has 0 atom stereocenters. The Morgan fingerprint density at radius 2 is 2.08 bits per heavy atom. The second-order valence-corrected chi connectivity index (χ2v) is 4.46. The third-order valence-electron chi connectivity index (χ3n) is 1.75. The van der Waals surface area contributed by atoms with Gasteiger partial charge in [0.2, 0.25) is 0 Å². The molecule has 2 aromatic carbocycles. The van der Waals surface area contributed by atoms with E-state index < -0.39 is 0 Å². The molecule has 0 bridgehead atoms. The quantitative estimate of drug-likeness (QED) is 0.640. The molecule has 0 fully saturated rings. The van der Waals surface area contributed by atoms with Gasteiger partial charge in [-0.25, -0.2) is 0 Å². The van der Waals surface area contributed by atoms with Crippen molar-refractivity contribution in [3.8, 4) is 0 Å². The van der Waals surface area contributed by atoms with Crippen LogP contribution in [0.2, 0.25) is 0 Å². The van der Waals surface area contributed by atoms with Gasteiger partial charge >= 0.3 is 0 Å². The smallest absolute Gasteiger partial charge is 0.0387 e. The third-order valence-corrected chi connectivity index (χ3v) is 4.25. The minimum Gasteiger partial charge on any atom is -0.0537 e. The van der Waals surface area contributed by atoms with E-state index in [1.54, 1.807) is 0 Å². The number of hydrogen-bond donors (Lipinski definition) is 0. The fraction of sp³-hybridized carbons (Fsp3) is 0. The lowest BCUT2D eigenvalue weighted by atomic mass is 10.1. The van der Waals surface area contributed by atoms with E-state index in [-0.39, 0.29) is 0 Å². The van der Waals surface area contributed by atoms with Crippen LogP contribution in [0.5, 0.6) is 0 Å². The zero-order chi connectivity index (χ0) is 8.55. The van der Waals surface area contributed by atoms with Gasteiger partial charge in [0.25, 0.3) is 0 Å². The van der Waals surface area contributed by atoms with Crippen LogP contribution in [0.4, 0.5) is 0 Å². The normalized spacial score (nSPS) is 10.5. The summed E-state index contributed by atoms with van der Waals surface area (Å²) in [6.07, 6.45) is 0. The third kappa shape index (κ3) is 1.38. The molecular weight excluding hydrogens is 327 g/mol. The van der Waals surface area contributed by atoms with Gasteiger partial charge in [0.1, 0.15) is 0 Å². The van der Waals surface area contributed by atoms with Crippen LogP contribution in [0.25, 0.3) is 10.8 Å². The lowest BCUT2D eigenvalue weighted by Crippen LogP contribution is -1.77. The van der Waals surface area contributed by atoms with Gasteiger partial charge in [-0.1, -0.05) is 18.2 Å². The molecule has 0 N–H and O–H groups in total. The Labute approximate surface area is 93.2 Å². The van der Waals surface area contributed by atoms with Gasteiger partial charge in [0.05, 0.1) is 0 Å². The highest BCUT2D eigenvalue weighted by Crippen LogP contribution is 2.28. The van der Waals surface area contributed by atoms with E-state index in [9.17, 15) is 0 Å². The highest BCUT2D eigenvalue weighted by Gasteiger charge is 2.00. The first-order valence-electron chi connectivity index (χ1n) is 3.53. The van der Waals surface area contributed by atoms with Gasteiger partial charge in [-0.15, -0.1) is 0 Å². The molecule has 0 spiro atoms. The van der Waals surface area contributed by atoms with Crippen LogP contribution in [-0.4, -0.2) is 0 Å². The van der Waals surface area contributed by atoms with E-state index in [1.165, 1.54) is 18.8 Å². The molecule has 0 aliphatic carbocycles. The Bertz CT molecular complexity index is 423. The molecule has 0 aromatic heterocycles. The molecule has 0 saturated heterocycles. The summed E-state index contributed by atoms with van der Waals surface area (Å²) >= 11 is 5.87. The first kappa shape index (κ1) is 8.51. The number of hydrogen-bond acceptors (Lipinski definition) is 0. The average Bonchev–Trinajstić information content (AvgIpc) is 2.12. The van der Waals surface area contributed by atoms with Crippen molar-refractivity contribution in [3.63, 3.8) is 0 Å². The molecule has 2 aromatic rings. The number of fused-ring (bicyclic) bond motifs is 1. The molecule has 0 nitrogen and oxygen atoms in total. The summed E-state index contributed by atoms with van der Waals surface area (Å²) in [5.41, 5.74) is 0. The van der Waals surface area contributed by atoms with Crippen molar-refractivity contribution in [2.45, 2.75) is 0 Å². The molecular formula is C10H5BrI. The molecule has 59 valence electrons. The van der Waals surface area contributed by atoms with Crippen molar-refractivity contribution >= 4 is 49.3 Å². The van der Waals surface area contributed by atoms with Crippen molar-refractivity contribution in [3.05, 3.63) is 44.4 Å². The van der Waals surface area contributed by atoms with Gasteiger partial charge < -0.3 is 0 Å². The standard InChI is InChI=1S/C10H5BrI/c11-10-8-4-2-1-3-7(8)5-6-9(10)12/h2-6H. The van der Waals surface area contributed by atoms with Crippen LogP contribution in [-0.2, 0) is 0 Å². The second-order valence-electron chi connectivity index (χ2n) is 2.51. The minimum absolute atomic E-state index is 1.18. The Morgan fingerprint density at radius 3 is 2.92 bits per heavy atom. The van der Waals surface area contributed by atoms with E-state index in [0.717, 1.165) is 0 Å². The molecule has 0 amide bonds. The minimum atomic E-state index is 1.18. The van der Waals surface area contributed by atoms with Crippen LogP contribution >= 0.6 is 38.5 Å². The summed E-state index contributed by atoms with van der Waals surface area (Å²) in [5.74, 6) is 0. The van der Waals surface area contributed by atoms with E-state index >= 15 is 0 Å². The van der Waals surface area contributed by atoms with Crippen LogP contribution in [0.3, 0.4) is 0 Å². The fourth-order valence-electron chi connectivity index (χ4n) is 1.15. The monoisotopic (exact) mass is 331 g/mol. The number of benzene rings is 2. The zero-order valence-corrected chi connectivity index (χ0v) is 9.89. The maximum absolute atomic E-state index is 3.56. The largest absolute Gasteiger partial charge is 0.0537 e. The zero-order valence-electron chi connectivity index (χ0n) is 6.14. The highest BCUT2D eigenvalue weighted by atomic mass is 127.